The molecule has 3 heterocycles. The van der Waals surface area contributed by atoms with Gasteiger partial charge in [0.25, 0.3) is 5.52 Å². The van der Waals surface area contributed by atoms with E-state index in [1.165, 1.54) is 0 Å². The van der Waals surface area contributed by atoms with E-state index >= 15 is 0 Å². The number of hydrogen-bond acceptors (Lipinski definition) is 6. The third-order valence-electron chi connectivity index (χ3n) is 6.08. The maximum atomic E-state index is 14.9. The summed E-state index contributed by atoms with van der Waals surface area (Å²) in [7, 11) is 0. The third kappa shape index (κ3) is 3.92. The Balaban J connectivity index is 1.72. The Labute approximate surface area is 180 Å². The fourth-order valence-corrected chi connectivity index (χ4v) is 4.51. The van der Waals surface area contributed by atoms with Gasteiger partial charge in [-0.25, -0.2) is 4.39 Å². The molecule has 2 aliphatic heterocycles. The number of ether oxygens (including phenoxy) is 1. The molecule has 2 aromatic rings. The lowest BCUT2D eigenvalue weighted by Crippen LogP contribution is -2.49. The third-order valence-corrected chi connectivity index (χ3v) is 6.08. The molecule has 0 N–H and O–H groups in total. The van der Waals surface area contributed by atoms with Gasteiger partial charge in [-0.15, -0.1) is 0 Å². The van der Waals surface area contributed by atoms with E-state index in [9.17, 15) is 32.5 Å². The van der Waals surface area contributed by atoms with Crippen LogP contribution in [0.4, 0.5) is 23.2 Å². The summed E-state index contributed by atoms with van der Waals surface area (Å²) in [5.74, 6) is -2.12. The Bertz CT molecular complexity index is 1100. The summed E-state index contributed by atoms with van der Waals surface area (Å²) in [5, 5.41) is 12.4. The fraction of sp³-hybridized carbons (Fsp3) is 0.550. The van der Waals surface area contributed by atoms with Crippen molar-refractivity contribution in [2.24, 2.45) is 0 Å². The van der Waals surface area contributed by atoms with Gasteiger partial charge < -0.3 is 19.6 Å². The van der Waals surface area contributed by atoms with Crippen molar-refractivity contribution in [2.75, 3.05) is 44.3 Å². The minimum Gasteiger partial charge on any atom is -0.805 e. The number of ketones is 1. The predicted octanol–water partition coefficient (Wildman–Crippen LogP) is 2.56. The molecule has 0 spiro atoms. The van der Waals surface area contributed by atoms with Crippen LogP contribution in [0.25, 0.3) is 11.0 Å². The quantitative estimate of drug-likeness (QED) is 0.400. The number of Topliss-reactive ketones (excluding diaryl/α,β-unsaturated/α-hetero) is 1. The van der Waals surface area contributed by atoms with Crippen LogP contribution in [0.1, 0.15) is 35.9 Å². The minimum atomic E-state index is -5.26. The molecule has 32 heavy (non-hydrogen) atoms. The second kappa shape index (κ2) is 8.32. The Hall–Kier alpha value is -2.73. The molecule has 174 valence electrons. The molecule has 2 aliphatic rings. The van der Waals surface area contributed by atoms with Crippen molar-refractivity contribution < 1.29 is 31.5 Å². The van der Waals surface area contributed by atoms with Gasteiger partial charge in [-0.05, 0) is 12.8 Å². The van der Waals surface area contributed by atoms with Gasteiger partial charge in [0.2, 0.25) is 11.5 Å². The number of hydrogen-bond donors (Lipinski definition) is 0. The van der Waals surface area contributed by atoms with Crippen molar-refractivity contribution >= 4 is 22.5 Å². The number of carbonyl (C=O) groups is 1. The molecule has 0 unspecified atom stereocenters. The van der Waals surface area contributed by atoms with E-state index < -0.39 is 44.9 Å². The number of piperidine rings is 1. The molecule has 8 nitrogen and oxygen atoms in total. The van der Waals surface area contributed by atoms with Crippen LogP contribution in [0, 0.1) is 15.9 Å². The van der Waals surface area contributed by atoms with Crippen LogP contribution in [0.2, 0.25) is 0 Å². The Morgan fingerprint density at radius 3 is 2.34 bits per heavy atom. The second-order valence-corrected chi connectivity index (χ2v) is 8.00. The highest BCUT2D eigenvalue weighted by molar-refractivity contribution is 5.93. The Morgan fingerprint density at radius 1 is 1.16 bits per heavy atom. The number of nitrogens with zero attached hydrogens (tertiary/aromatic N) is 4. The molecule has 0 aliphatic carbocycles. The first-order chi connectivity index (χ1) is 15.1. The first-order valence-corrected chi connectivity index (χ1v) is 10.3. The maximum absolute atomic E-state index is 14.9. The smallest absolute Gasteiger partial charge is 0.438 e. The molecule has 1 aromatic heterocycles. The van der Waals surface area contributed by atoms with Gasteiger partial charge in [0.15, 0.2) is 0 Å². The largest absolute Gasteiger partial charge is 0.805 e. The van der Waals surface area contributed by atoms with Crippen LogP contribution in [0.3, 0.4) is 0 Å². The van der Waals surface area contributed by atoms with Gasteiger partial charge in [-0.3, -0.25) is 9.69 Å². The fourth-order valence-electron chi connectivity index (χ4n) is 4.51. The summed E-state index contributed by atoms with van der Waals surface area (Å²) in [6, 6.07) is 1.98. The van der Waals surface area contributed by atoms with Gasteiger partial charge >= 0.3 is 11.9 Å². The Kier molecular flexibility index (Phi) is 5.84. The zero-order valence-corrected chi connectivity index (χ0v) is 17.3. The lowest BCUT2D eigenvalue weighted by molar-refractivity contribution is -0.470. The van der Waals surface area contributed by atoms with Gasteiger partial charge in [-0.2, -0.15) is 13.2 Å². The van der Waals surface area contributed by atoms with Crippen LogP contribution in [0.15, 0.2) is 12.1 Å². The van der Waals surface area contributed by atoms with Crippen LogP contribution in [-0.2, 0) is 10.9 Å². The summed E-state index contributed by atoms with van der Waals surface area (Å²) in [6.45, 7) is 4.69. The van der Waals surface area contributed by atoms with Crippen molar-refractivity contribution in [1.29, 1.82) is 0 Å². The van der Waals surface area contributed by atoms with E-state index in [-0.39, 0.29) is 10.1 Å². The molecule has 0 amide bonds. The average Bonchev–Trinajstić information content (AvgIpc) is 2.75. The van der Waals surface area contributed by atoms with Gasteiger partial charge in [0, 0.05) is 56.2 Å². The SMILES string of the molecule is CC(=O)c1c(C(F)(F)F)n([O-])c2cc(F)c(N3CCC(N4CCOCC4)CC3)cc2[n+]1=O. The normalized spacial score (nSPS) is 19.0. The number of fused-ring (bicyclic) bond motifs is 1. The van der Waals surface area contributed by atoms with Crippen LogP contribution < -0.4 is 9.33 Å². The number of rotatable bonds is 3. The van der Waals surface area contributed by atoms with Gasteiger partial charge in [-0.1, -0.05) is 0 Å². The molecular weight excluding hydrogens is 436 g/mol. The highest BCUT2D eigenvalue weighted by Crippen LogP contribution is 2.34. The first kappa shape index (κ1) is 22.5. The molecule has 0 atom stereocenters. The second-order valence-electron chi connectivity index (χ2n) is 8.00. The summed E-state index contributed by atoms with van der Waals surface area (Å²) in [6.07, 6.45) is -3.79. The van der Waals surface area contributed by atoms with Crippen molar-refractivity contribution in [3.8, 4) is 0 Å². The number of morpholine rings is 1. The highest BCUT2D eigenvalue weighted by atomic mass is 19.4. The summed E-state index contributed by atoms with van der Waals surface area (Å²) in [5.41, 5.74) is -4.54. The topological polar surface area (TPSA) is 83.7 Å². The van der Waals surface area contributed by atoms with Crippen molar-refractivity contribution in [3.05, 3.63) is 39.5 Å². The van der Waals surface area contributed by atoms with E-state index in [2.05, 4.69) is 4.90 Å². The zero-order valence-electron chi connectivity index (χ0n) is 17.3. The molecular formula is C20H22F4N4O4. The summed E-state index contributed by atoms with van der Waals surface area (Å²) < 4.78 is 59.6. The lowest BCUT2D eigenvalue weighted by Gasteiger charge is -2.40. The molecule has 12 heteroatoms. The number of alkyl halides is 3. The molecule has 0 bridgehead atoms. The summed E-state index contributed by atoms with van der Waals surface area (Å²) >= 11 is 0. The van der Waals surface area contributed by atoms with E-state index in [0.717, 1.165) is 38.9 Å². The number of carbonyl (C=O) groups excluding carboxylic acids is 1. The predicted molar refractivity (Wildman–Crippen MR) is 107 cm³/mol. The number of aromatic nitrogens is 2. The number of halogens is 4. The average molecular weight is 458 g/mol. The number of anilines is 1. The molecule has 0 radical (unpaired) electrons. The standard InChI is InChI=1S/C20H22F4N4O4/c1-12(29)18-19(20(22,23)24)28(31)16-10-14(21)15(11-17(16)27(18)30)26-4-2-13(3-5-26)25-6-8-32-9-7-25/h10-11,13H,2-9H2,1H3. The minimum absolute atomic E-state index is 0.0109. The number of benzene rings is 1. The monoisotopic (exact) mass is 458 g/mol. The van der Waals surface area contributed by atoms with E-state index in [4.69, 9.17) is 4.74 Å². The van der Waals surface area contributed by atoms with Crippen molar-refractivity contribution in [2.45, 2.75) is 32.0 Å². The maximum Gasteiger partial charge on any atom is 0.438 e. The highest BCUT2D eigenvalue weighted by Gasteiger charge is 2.44. The van der Waals surface area contributed by atoms with Crippen LogP contribution in [0.5, 0.6) is 0 Å². The molecule has 2 saturated heterocycles. The molecule has 0 saturated carbocycles. The van der Waals surface area contributed by atoms with Crippen LogP contribution >= 0.6 is 0 Å². The van der Waals surface area contributed by atoms with Crippen molar-refractivity contribution in [1.82, 2.24) is 9.63 Å². The Morgan fingerprint density at radius 2 is 1.78 bits per heavy atom. The van der Waals surface area contributed by atoms with Crippen molar-refractivity contribution in [3.63, 3.8) is 0 Å². The van der Waals surface area contributed by atoms with Gasteiger partial charge in [0.1, 0.15) is 11.3 Å². The van der Waals surface area contributed by atoms with Crippen LogP contribution in [-0.4, -0.2) is 60.8 Å². The van der Waals surface area contributed by atoms with E-state index in [1.807, 2.05) is 0 Å². The molecule has 4 rings (SSSR count). The first-order valence-electron chi connectivity index (χ1n) is 10.3. The van der Waals surface area contributed by atoms with E-state index in [0.29, 0.717) is 38.4 Å². The molecule has 1 aromatic carbocycles. The van der Waals surface area contributed by atoms with Gasteiger partial charge in [0.05, 0.1) is 23.3 Å². The molecule has 2 fully saturated rings. The lowest BCUT2D eigenvalue weighted by atomic mass is 10.0. The van der Waals surface area contributed by atoms with E-state index in [1.54, 1.807) is 4.90 Å². The zero-order chi connectivity index (χ0) is 23.2. The summed E-state index contributed by atoms with van der Waals surface area (Å²) in [4.78, 5) is 28.5.